The van der Waals surface area contributed by atoms with E-state index in [1.807, 2.05) is 18.2 Å². The van der Waals surface area contributed by atoms with Crippen molar-refractivity contribution in [2.24, 2.45) is 0 Å². The van der Waals surface area contributed by atoms with Crippen LogP contribution in [-0.2, 0) is 15.1 Å². The fraction of sp³-hybridized carbons (Fsp3) is 0.667. The van der Waals surface area contributed by atoms with Crippen molar-refractivity contribution < 1.29 is 9.53 Å². The number of carbonyl (C=O) groups excluding carboxylic acids is 1. The Morgan fingerprint density at radius 3 is 2.20 bits per heavy atom. The van der Waals surface area contributed by atoms with Crippen molar-refractivity contribution in [3.05, 3.63) is 35.9 Å². The molecule has 1 N–H and O–H groups in total. The van der Waals surface area contributed by atoms with Gasteiger partial charge in [-0.05, 0) is 31.5 Å². The molecule has 0 amide bonds. The van der Waals surface area contributed by atoms with Gasteiger partial charge in [0.25, 0.3) is 0 Å². The number of hydrogen-bond acceptors (Lipinski definition) is 3. The minimum absolute atomic E-state index is 0.0370. The molecule has 0 aliphatic carbocycles. The minimum Gasteiger partial charge on any atom is -0.454 e. The first-order valence-corrected chi connectivity index (χ1v) is 10.9. The molecule has 0 saturated carbocycles. The zero-order valence-electron chi connectivity index (χ0n) is 15.3. The largest absolute Gasteiger partial charge is 0.454 e. The molecule has 1 aliphatic heterocycles. The number of benzene rings is 1. The summed E-state index contributed by atoms with van der Waals surface area (Å²) in [5, 5.41) is 4.48. The second kappa shape index (κ2) is 11.7. The van der Waals surface area contributed by atoms with E-state index >= 15 is 0 Å². The quantitative estimate of drug-likeness (QED) is 0.305. The first-order valence-electron chi connectivity index (χ1n) is 9.81. The van der Waals surface area contributed by atoms with Crippen molar-refractivity contribution >= 4 is 21.9 Å². The second-order valence-corrected chi connectivity index (χ2v) is 7.79. The van der Waals surface area contributed by atoms with Gasteiger partial charge in [-0.3, -0.25) is 4.79 Å². The molecule has 1 fully saturated rings. The molecule has 1 heterocycles. The Bertz CT molecular complexity index is 486. The topological polar surface area (TPSA) is 38.3 Å². The summed E-state index contributed by atoms with van der Waals surface area (Å²) in [6.45, 7) is 1.80. The molecule has 0 atom stereocenters. The lowest BCUT2D eigenvalue weighted by atomic mass is 9.84. The maximum absolute atomic E-state index is 12.4. The minimum atomic E-state index is -0.431. The summed E-state index contributed by atoms with van der Waals surface area (Å²) in [7, 11) is 0. The van der Waals surface area contributed by atoms with Gasteiger partial charge in [-0.15, -0.1) is 0 Å². The summed E-state index contributed by atoms with van der Waals surface area (Å²) >= 11 is 3.47. The number of hydrogen-bond donors (Lipinski definition) is 1. The Morgan fingerprint density at radius 2 is 1.56 bits per heavy atom. The van der Waals surface area contributed by atoms with Crippen molar-refractivity contribution in [2.75, 3.05) is 18.4 Å². The molecule has 3 nitrogen and oxygen atoms in total. The van der Waals surface area contributed by atoms with Gasteiger partial charge in [0.05, 0.1) is 0 Å². The number of esters is 1. The van der Waals surface area contributed by atoms with Crippen LogP contribution in [0.25, 0.3) is 0 Å². The van der Waals surface area contributed by atoms with Crippen LogP contribution in [0.4, 0.5) is 0 Å². The normalized spacial score (nSPS) is 16.5. The number of ether oxygens (including phenoxy) is 1. The molecule has 1 aliphatic rings. The van der Waals surface area contributed by atoms with E-state index in [0.29, 0.717) is 6.42 Å². The van der Waals surface area contributed by atoms with E-state index in [1.54, 1.807) is 0 Å². The highest BCUT2D eigenvalue weighted by Gasteiger charge is 2.37. The molecule has 140 valence electrons. The summed E-state index contributed by atoms with van der Waals surface area (Å²) in [6.07, 6.45) is 10.7. The zero-order valence-corrected chi connectivity index (χ0v) is 16.9. The van der Waals surface area contributed by atoms with Crippen molar-refractivity contribution in [3.8, 4) is 0 Å². The van der Waals surface area contributed by atoms with Gasteiger partial charge in [0.1, 0.15) is 5.60 Å². The number of carbonyl (C=O) groups is 1. The van der Waals surface area contributed by atoms with Gasteiger partial charge in [-0.1, -0.05) is 78.4 Å². The van der Waals surface area contributed by atoms with Crippen molar-refractivity contribution in [1.82, 2.24) is 5.32 Å². The molecule has 0 unspecified atom stereocenters. The monoisotopic (exact) mass is 409 g/mol. The number of rotatable bonds is 11. The summed E-state index contributed by atoms with van der Waals surface area (Å²) in [5.41, 5.74) is 0.705. The average molecular weight is 410 g/mol. The third kappa shape index (κ3) is 7.10. The number of alkyl halides is 1. The number of nitrogens with one attached hydrogen (secondary N) is 1. The first kappa shape index (κ1) is 20.4. The van der Waals surface area contributed by atoms with E-state index < -0.39 is 5.60 Å². The summed E-state index contributed by atoms with van der Waals surface area (Å²) in [4.78, 5) is 12.4. The van der Waals surface area contributed by atoms with Crippen LogP contribution in [0, 0.1) is 0 Å². The van der Waals surface area contributed by atoms with Gasteiger partial charge < -0.3 is 10.1 Å². The molecule has 1 aromatic carbocycles. The first-order chi connectivity index (χ1) is 12.3. The van der Waals surface area contributed by atoms with Gasteiger partial charge in [0, 0.05) is 24.6 Å². The smallest absolute Gasteiger partial charge is 0.306 e. The summed E-state index contributed by atoms with van der Waals surface area (Å²) in [5.74, 6) is -0.0370. The number of halogens is 1. The number of piperidine rings is 1. The molecular formula is C21H32BrNO2. The van der Waals surface area contributed by atoms with Crippen LogP contribution < -0.4 is 5.32 Å². The van der Waals surface area contributed by atoms with Crippen LogP contribution in [0.15, 0.2) is 30.3 Å². The maximum Gasteiger partial charge on any atom is 0.306 e. The van der Waals surface area contributed by atoms with E-state index in [4.69, 9.17) is 4.74 Å². The van der Waals surface area contributed by atoms with E-state index in [2.05, 4.69) is 33.4 Å². The van der Waals surface area contributed by atoms with Gasteiger partial charge in [-0.25, -0.2) is 0 Å². The van der Waals surface area contributed by atoms with Crippen molar-refractivity contribution in [1.29, 1.82) is 0 Å². The van der Waals surface area contributed by atoms with Crippen LogP contribution in [0.3, 0.4) is 0 Å². The zero-order chi connectivity index (χ0) is 17.8. The Kier molecular flexibility index (Phi) is 9.56. The predicted octanol–water partition coefficient (Wildman–Crippen LogP) is 5.32. The molecule has 25 heavy (non-hydrogen) atoms. The van der Waals surface area contributed by atoms with Crippen LogP contribution >= 0.6 is 15.9 Å². The SMILES string of the molecule is O=C(CCCCCCCCCBr)OC1(c2ccccc2)CCNCC1. The highest BCUT2D eigenvalue weighted by molar-refractivity contribution is 9.09. The lowest BCUT2D eigenvalue weighted by molar-refractivity contribution is -0.164. The predicted molar refractivity (Wildman–Crippen MR) is 107 cm³/mol. The Balaban J connectivity index is 1.73. The molecule has 0 radical (unpaired) electrons. The van der Waals surface area contributed by atoms with E-state index in [0.717, 1.165) is 49.7 Å². The van der Waals surface area contributed by atoms with Crippen molar-refractivity contribution in [2.45, 2.75) is 69.8 Å². The molecule has 4 heteroatoms. The molecule has 0 spiro atoms. The van der Waals surface area contributed by atoms with E-state index in [1.165, 1.54) is 32.1 Å². The average Bonchev–Trinajstić information content (AvgIpc) is 2.65. The maximum atomic E-state index is 12.4. The van der Waals surface area contributed by atoms with Crippen molar-refractivity contribution in [3.63, 3.8) is 0 Å². The van der Waals surface area contributed by atoms with Gasteiger partial charge in [0.2, 0.25) is 0 Å². The highest BCUT2D eigenvalue weighted by Crippen LogP contribution is 2.35. The molecule has 1 saturated heterocycles. The fourth-order valence-electron chi connectivity index (χ4n) is 3.54. The summed E-state index contributed by atoms with van der Waals surface area (Å²) < 4.78 is 6.04. The Morgan fingerprint density at radius 1 is 0.960 bits per heavy atom. The third-order valence-electron chi connectivity index (χ3n) is 5.03. The lowest BCUT2D eigenvalue weighted by Gasteiger charge is -2.37. The standard InChI is InChI=1S/C21H32BrNO2/c22-16-10-5-3-1-2-4-9-13-20(24)25-21(14-17-23-18-15-21)19-11-7-6-8-12-19/h6-8,11-12,23H,1-5,9-10,13-18H2. The summed E-state index contributed by atoms with van der Waals surface area (Å²) in [6, 6.07) is 10.3. The van der Waals surface area contributed by atoms with Crippen LogP contribution in [-0.4, -0.2) is 24.4 Å². The van der Waals surface area contributed by atoms with Crippen LogP contribution in [0.1, 0.15) is 69.8 Å². The highest BCUT2D eigenvalue weighted by atomic mass is 79.9. The van der Waals surface area contributed by atoms with E-state index in [-0.39, 0.29) is 5.97 Å². The Hall–Kier alpha value is -0.870. The van der Waals surface area contributed by atoms with Crippen LogP contribution in [0.5, 0.6) is 0 Å². The molecule has 1 aromatic rings. The van der Waals surface area contributed by atoms with Crippen LogP contribution in [0.2, 0.25) is 0 Å². The van der Waals surface area contributed by atoms with E-state index in [9.17, 15) is 4.79 Å². The fourth-order valence-corrected chi connectivity index (χ4v) is 3.94. The molecule has 0 aromatic heterocycles. The molecule has 2 rings (SSSR count). The Labute approximate surface area is 161 Å². The lowest BCUT2D eigenvalue weighted by Crippen LogP contribution is -2.43. The van der Waals surface area contributed by atoms with Gasteiger partial charge >= 0.3 is 5.97 Å². The molecule has 0 bridgehead atoms. The molecular weight excluding hydrogens is 378 g/mol. The number of unbranched alkanes of at least 4 members (excludes halogenated alkanes) is 6. The van der Waals surface area contributed by atoms with Gasteiger partial charge in [-0.2, -0.15) is 0 Å². The third-order valence-corrected chi connectivity index (χ3v) is 5.60. The van der Waals surface area contributed by atoms with Gasteiger partial charge in [0.15, 0.2) is 0 Å². The second-order valence-electron chi connectivity index (χ2n) is 7.00.